The van der Waals surface area contributed by atoms with E-state index in [4.69, 9.17) is 0 Å². The molecule has 1 N–H and O–H groups in total. The number of nitrogens with zero attached hydrogens (tertiary/aromatic N) is 2. The first-order valence-electron chi connectivity index (χ1n) is 7.76. The molecule has 3 atom stereocenters. The van der Waals surface area contributed by atoms with Crippen LogP contribution in [0.15, 0.2) is 24.5 Å². The smallest absolute Gasteiger partial charge is 0.227 e. The van der Waals surface area contributed by atoms with Gasteiger partial charge in [-0.2, -0.15) is 0 Å². The van der Waals surface area contributed by atoms with Crippen LogP contribution in [0.5, 0.6) is 0 Å². The van der Waals surface area contributed by atoms with Crippen molar-refractivity contribution in [2.45, 2.75) is 56.8 Å². The molecule has 3 unspecified atom stereocenters. The second-order valence-electron chi connectivity index (χ2n) is 6.45. The molecule has 4 rings (SSSR count). The molecule has 2 bridgehead atoms. The van der Waals surface area contributed by atoms with Crippen LogP contribution in [-0.4, -0.2) is 33.9 Å². The van der Waals surface area contributed by atoms with Gasteiger partial charge < -0.3 is 10.2 Å². The van der Waals surface area contributed by atoms with Crippen LogP contribution in [0.25, 0.3) is 0 Å². The van der Waals surface area contributed by atoms with E-state index < -0.39 is 0 Å². The molecule has 0 radical (unpaired) electrons. The maximum absolute atomic E-state index is 12.9. The second-order valence-corrected chi connectivity index (χ2v) is 6.45. The maximum atomic E-state index is 12.9. The van der Waals surface area contributed by atoms with Gasteiger partial charge in [0.05, 0.1) is 5.92 Å². The molecule has 3 aliphatic rings. The Morgan fingerprint density at radius 3 is 2.85 bits per heavy atom. The molecule has 3 heterocycles. The number of amides is 1. The van der Waals surface area contributed by atoms with Crippen LogP contribution in [0.3, 0.4) is 0 Å². The molecule has 1 aromatic rings. The minimum atomic E-state index is 0.214. The van der Waals surface area contributed by atoms with Crippen molar-refractivity contribution in [2.24, 2.45) is 5.92 Å². The Kier molecular flexibility index (Phi) is 2.99. The van der Waals surface area contributed by atoms with Crippen molar-refractivity contribution in [1.29, 1.82) is 0 Å². The molecule has 1 saturated carbocycles. The Bertz CT molecular complexity index is 500. The number of pyridine rings is 1. The molecule has 0 aromatic carbocycles. The Morgan fingerprint density at radius 1 is 1.35 bits per heavy atom. The molecule has 2 aliphatic heterocycles. The molecule has 3 fully saturated rings. The van der Waals surface area contributed by atoms with Crippen LogP contribution in [0, 0.1) is 5.92 Å². The maximum Gasteiger partial charge on any atom is 0.227 e. The summed E-state index contributed by atoms with van der Waals surface area (Å²) < 4.78 is 0. The van der Waals surface area contributed by atoms with E-state index in [1.165, 1.54) is 25.7 Å². The van der Waals surface area contributed by atoms with E-state index in [1.807, 2.05) is 12.3 Å². The molecule has 1 amide bonds. The lowest BCUT2D eigenvalue weighted by atomic mass is 9.88. The van der Waals surface area contributed by atoms with E-state index in [2.05, 4.69) is 21.3 Å². The van der Waals surface area contributed by atoms with Crippen LogP contribution < -0.4 is 5.32 Å². The summed E-state index contributed by atoms with van der Waals surface area (Å²) in [6, 6.07) is 5.51. The summed E-state index contributed by atoms with van der Waals surface area (Å²) in [5.74, 6) is 0.585. The largest absolute Gasteiger partial charge is 0.335 e. The molecule has 0 spiro atoms. The van der Waals surface area contributed by atoms with Crippen LogP contribution >= 0.6 is 0 Å². The summed E-state index contributed by atoms with van der Waals surface area (Å²) in [6.45, 7) is 0.727. The predicted octanol–water partition coefficient (Wildman–Crippen LogP) is 1.71. The first-order chi connectivity index (χ1) is 9.81. The van der Waals surface area contributed by atoms with Gasteiger partial charge in [0.25, 0.3) is 0 Å². The molecular formula is C16H21N3O. The normalized spacial score (nSPS) is 31.5. The van der Waals surface area contributed by atoms with E-state index in [0.29, 0.717) is 24.0 Å². The van der Waals surface area contributed by atoms with Crippen LogP contribution in [-0.2, 0) is 11.3 Å². The van der Waals surface area contributed by atoms with Crippen LogP contribution in [0.2, 0.25) is 0 Å². The number of aromatic nitrogens is 1. The zero-order chi connectivity index (χ0) is 13.5. The Balaban J connectivity index is 1.49. The summed E-state index contributed by atoms with van der Waals surface area (Å²) in [4.78, 5) is 19.2. The van der Waals surface area contributed by atoms with E-state index in [-0.39, 0.29) is 5.92 Å². The van der Waals surface area contributed by atoms with Crippen LogP contribution in [0.1, 0.15) is 37.7 Å². The Morgan fingerprint density at radius 2 is 2.25 bits per heavy atom. The van der Waals surface area contributed by atoms with E-state index in [1.54, 1.807) is 6.20 Å². The van der Waals surface area contributed by atoms with Gasteiger partial charge in [0.15, 0.2) is 0 Å². The van der Waals surface area contributed by atoms with Gasteiger partial charge in [-0.3, -0.25) is 9.78 Å². The van der Waals surface area contributed by atoms with Crippen molar-refractivity contribution in [3.63, 3.8) is 0 Å². The third-order valence-corrected chi connectivity index (χ3v) is 4.96. The highest BCUT2D eigenvalue weighted by atomic mass is 16.2. The zero-order valence-corrected chi connectivity index (χ0v) is 11.7. The van der Waals surface area contributed by atoms with Gasteiger partial charge in [-0.25, -0.2) is 0 Å². The third-order valence-electron chi connectivity index (χ3n) is 4.96. The number of nitrogens with one attached hydrogen (secondary N) is 1. The average molecular weight is 271 g/mol. The van der Waals surface area contributed by atoms with Crippen molar-refractivity contribution in [2.75, 3.05) is 0 Å². The number of carbonyl (C=O) groups is 1. The highest BCUT2D eigenvalue weighted by molar-refractivity contribution is 5.81. The molecule has 4 heteroatoms. The average Bonchev–Trinajstić information content (AvgIpc) is 3.11. The minimum Gasteiger partial charge on any atom is -0.335 e. The van der Waals surface area contributed by atoms with Gasteiger partial charge in [0, 0.05) is 37.1 Å². The predicted molar refractivity (Wildman–Crippen MR) is 75.9 cm³/mol. The van der Waals surface area contributed by atoms with Gasteiger partial charge >= 0.3 is 0 Å². The van der Waals surface area contributed by atoms with E-state index in [9.17, 15) is 4.79 Å². The van der Waals surface area contributed by atoms with Gasteiger partial charge in [-0.05, 0) is 43.7 Å². The lowest BCUT2D eigenvalue weighted by Gasteiger charge is -2.29. The molecular weight excluding hydrogens is 250 g/mol. The van der Waals surface area contributed by atoms with Crippen molar-refractivity contribution < 1.29 is 4.79 Å². The number of rotatable bonds is 4. The monoisotopic (exact) mass is 271 g/mol. The summed E-state index contributed by atoms with van der Waals surface area (Å²) >= 11 is 0. The first-order valence-corrected chi connectivity index (χ1v) is 7.76. The number of fused-ring (bicyclic) bond motifs is 2. The van der Waals surface area contributed by atoms with Crippen molar-refractivity contribution >= 4 is 5.91 Å². The quantitative estimate of drug-likeness (QED) is 0.907. The van der Waals surface area contributed by atoms with Crippen molar-refractivity contribution in [1.82, 2.24) is 15.2 Å². The molecule has 4 nitrogen and oxygen atoms in total. The van der Waals surface area contributed by atoms with Gasteiger partial charge in [-0.15, -0.1) is 0 Å². The molecule has 2 saturated heterocycles. The van der Waals surface area contributed by atoms with Gasteiger partial charge in [-0.1, -0.05) is 6.07 Å². The lowest BCUT2D eigenvalue weighted by molar-refractivity contribution is -0.137. The molecule has 106 valence electrons. The number of hydrogen-bond donors (Lipinski definition) is 1. The summed E-state index contributed by atoms with van der Waals surface area (Å²) in [5, 5.41) is 3.58. The van der Waals surface area contributed by atoms with Crippen LogP contribution in [0.4, 0.5) is 0 Å². The fraction of sp³-hybridized carbons (Fsp3) is 0.625. The SMILES string of the molecule is O=C(C1CC2CCC1N2)N(Cc1cccnc1)C1CC1. The summed E-state index contributed by atoms with van der Waals surface area (Å²) in [7, 11) is 0. The van der Waals surface area contributed by atoms with Crippen molar-refractivity contribution in [3.8, 4) is 0 Å². The molecule has 20 heavy (non-hydrogen) atoms. The topological polar surface area (TPSA) is 45.2 Å². The third kappa shape index (κ3) is 2.22. The van der Waals surface area contributed by atoms with E-state index >= 15 is 0 Å². The van der Waals surface area contributed by atoms with Gasteiger partial charge in [0.1, 0.15) is 0 Å². The van der Waals surface area contributed by atoms with Crippen molar-refractivity contribution in [3.05, 3.63) is 30.1 Å². The lowest BCUT2D eigenvalue weighted by Crippen LogP contribution is -2.41. The zero-order valence-electron chi connectivity index (χ0n) is 11.7. The number of carbonyl (C=O) groups excluding carboxylic acids is 1. The van der Waals surface area contributed by atoms with Gasteiger partial charge in [0.2, 0.25) is 5.91 Å². The molecule has 1 aliphatic carbocycles. The van der Waals surface area contributed by atoms with E-state index in [0.717, 1.165) is 18.5 Å². The Hall–Kier alpha value is -1.42. The standard InChI is InChI=1S/C16H21N3O/c20-16(14-8-12-3-6-15(14)18-12)19(13-4-5-13)10-11-2-1-7-17-9-11/h1-2,7,9,12-15,18H,3-6,8,10H2. The Labute approximate surface area is 119 Å². The highest BCUT2D eigenvalue weighted by Crippen LogP contribution is 2.37. The first kappa shape index (κ1) is 12.3. The number of hydrogen-bond acceptors (Lipinski definition) is 3. The fourth-order valence-electron chi connectivity index (χ4n) is 3.77. The molecule has 1 aromatic heterocycles. The minimum absolute atomic E-state index is 0.214. The second kappa shape index (κ2) is 4.85. The summed E-state index contributed by atoms with van der Waals surface area (Å²) in [6.07, 6.45) is 9.46. The fourth-order valence-corrected chi connectivity index (χ4v) is 3.77. The summed E-state index contributed by atoms with van der Waals surface area (Å²) in [5.41, 5.74) is 1.14. The highest BCUT2D eigenvalue weighted by Gasteiger charge is 2.46.